The second-order valence-corrected chi connectivity index (χ2v) is 3.07. The molecule has 0 amide bonds. The molecule has 1 N–H and O–H groups in total. The van der Waals surface area contributed by atoms with Crippen molar-refractivity contribution in [2.24, 2.45) is 0 Å². The molecular formula is C9H9BFN. The van der Waals surface area contributed by atoms with Crippen molar-refractivity contribution < 1.29 is 4.39 Å². The predicted molar refractivity (Wildman–Crippen MR) is 47.2 cm³/mol. The highest BCUT2D eigenvalue weighted by Gasteiger charge is 2.10. The molecule has 1 aromatic rings. The van der Waals surface area contributed by atoms with Crippen molar-refractivity contribution in [2.75, 3.05) is 6.54 Å². The molecule has 0 fully saturated rings. The Kier molecular flexibility index (Phi) is 1.89. The standard InChI is InChI=1S/C9H9BFN/c10-8-3-6-1-2-12-5-7(6)4-9(8)11/h3-4,12H,1-2,5H2. The summed E-state index contributed by atoms with van der Waals surface area (Å²) in [7, 11) is 5.45. The number of hydrogen-bond acceptors (Lipinski definition) is 1. The third kappa shape index (κ3) is 1.25. The van der Waals surface area contributed by atoms with Crippen molar-refractivity contribution in [2.45, 2.75) is 13.0 Å². The lowest BCUT2D eigenvalue weighted by molar-refractivity contribution is 0.610. The predicted octanol–water partition coefficient (Wildman–Crippen LogP) is 0.265. The van der Waals surface area contributed by atoms with E-state index in [0.717, 1.165) is 25.1 Å². The zero-order chi connectivity index (χ0) is 8.55. The van der Waals surface area contributed by atoms with Crippen LogP contribution in [0.4, 0.5) is 4.39 Å². The molecule has 0 unspecified atom stereocenters. The van der Waals surface area contributed by atoms with Gasteiger partial charge in [-0.1, -0.05) is 11.5 Å². The van der Waals surface area contributed by atoms with Gasteiger partial charge >= 0.3 is 0 Å². The molecule has 0 aromatic heterocycles. The average Bonchev–Trinajstić information content (AvgIpc) is 2.07. The van der Waals surface area contributed by atoms with Gasteiger partial charge in [0.15, 0.2) is 0 Å². The number of fused-ring (bicyclic) bond motifs is 1. The summed E-state index contributed by atoms with van der Waals surface area (Å²) in [5, 5.41) is 3.18. The lowest BCUT2D eigenvalue weighted by Gasteiger charge is -2.17. The van der Waals surface area contributed by atoms with Gasteiger partial charge in [0.2, 0.25) is 0 Å². The maximum absolute atomic E-state index is 13.0. The molecule has 2 radical (unpaired) electrons. The number of nitrogens with one attached hydrogen (secondary N) is 1. The van der Waals surface area contributed by atoms with Gasteiger partial charge in [0, 0.05) is 6.54 Å². The fraction of sp³-hybridized carbons (Fsp3) is 0.333. The topological polar surface area (TPSA) is 12.0 Å². The molecule has 60 valence electrons. The molecule has 1 aliphatic rings. The zero-order valence-electron chi connectivity index (χ0n) is 6.73. The molecular weight excluding hydrogens is 152 g/mol. The molecule has 0 saturated carbocycles. The van der Waals surface area contributed by atoms with Gasteiger partial charge in [-0.05, 0) is 30.2 Å². The second kappa shape index (κ2) is 2.90. The summed E-state index contributed by atoms with van der Waals surface area (Å²) in [5.74, 6) is -0.308. The first kappa shape index (κ1) is 7.81. The van der Waals surface area contributed by atoms with Gasteiger partial charge in [0.05, 0.1) is 0 Å². The van der Waals surface area contributed by atoms with Gasteiger partial charge in [-0.3, -0.25) is 0 Å². The Labute approximate surface area is 72.4 Å². The van der Waals surface area contributed by atoms with E-state index in [-0.39, 0.29) is 11.3 Å². The minimum Gasteiger partial charge on any atom is -0.312 e. The van der Waals surface area contributed by atoms with E-state index in [1.54, 1.807) is 6.07 Å². The third-order valence-electron chi connectivity index (χ3n) is 2.21. The summed E-state index contributed by atoms with van der Waals surface area (Å²) < 4.78 is 13.0. The van der Waals surface area contributed by atoms with E-state index in [2.05, 4.69) is 5.32 Å². The van der Waals surface area contributed by atoms with E-state index in [9.17, 15) is 4.39 Å². The molecule has 0 bridgehead atoms. The Morgan fingerprint density at radius 1 is 1.33 bits per heavy atom. The Balaban J connectivity index is 2.49. The van der Waals surface area contributed by atoms with Crippen molar-refractivity contribution in [3.05, 3.63) is 29.1 Å². The molecule has 3 heteroatoms. The number of rotatable bonds is 0. The van der Waals surface area contributed by atoms with Crippen molar-refractivity contribution in [1.29, 1.82) is 0 Å². The third-order valence-corrected chi connectivity index (χ3v) is 2.21. The van der Waals surface area contributed by atoms with Crippen LogP contribution in [0.2, 0.25) is 0 Å². The smallest absolute Gasteiger partial charge is 0.117 e. The summed E-state index contributed by atoms with van der Waals surface area (Å²) in [4.78, 5) is 0. The first-order chi connectivity index (χ1) is 5.77. The van der Waals surface area contributed by atoms with Crippen LogP contribution in [0.5, 0.6) is 0 Å². The molecule has 1 heterocycles. The van der Waals surface area contributed by atoms with Crippen molar-refractivity contribution in [3.8, 4) is 0 Å². The van der Waals surface area contributed by atoms with Crippen molar-refractivity contribution in [1.82, 2.24) is 5.32 Å². The molecule has 1 aliphatic heterocycles. The van der Waals surface area contributed by atoms with E-state index in [0.29, 0.717) is 0 Å². The van der Waals surface area contributed by atoms with Crippen molar-refractivity contribution >= 4 is 13.3 Å². The highest BCUT2D eigenvalue weighted by atomic mass is 19.1. The molecule has 1 nitrogen and oxygen atoms in total. The summed E-state index contributed by atoms with van der Waals surface area (Å²) in [6, 6.07) is 3.27. The van der Waals surface area contributed by atoms with Gasteiger partial charge in [0.25, 0.3) is 0 Å². The highest BCUT2D eigenvalue weighted by molar-refractivity contribution is 6.32. The highest BCUT2D eigenvalue weighted by Crippen LogP contribution is 2.12. The maximum Gasteiger partial charge on any atom is 0.117 e. The van der Waals surface area contributed by atoms with Crippen LogP contribution in [-0.4, -0.2) is 14.4 Å². The summed E-state index contributed by atoms with van der Waals surface area (Å²) in [6.45, 7) is 1.71. The number of halogens is 1. The van der Waals surface area contributed by atoms with Gasteiger partial charge in [-0.25, -0.2) is 4.39 Å². The Morgan fingerprint density at radius 3 is 3.00 bits per heavy atom. The molecule has 0 aliphatic carbocycles. The first-order valence-electron chi connectivity index (χ1n) is 4.05. The van der Waals surface area contributed by atoms with Crippen LogP contribution in [0, 0.1) is 5.82 Å². The molecule has 12 heavy (non-hydrogen) atoms. The van der Waals surface area contributed by atoms with E-state index in [4.69, 9.17) is 7.85 Å². The van der Waals surface area contributed by atoms with E-state index >= 15 is 0 Å². The van der Waals surface area contributed by atoms with Crippen LogP contribution in [0.25, 0.3) is 0 Å². The second-order valence-electron chi connectivity index (χ2n) is 3.07. The minimum absolute atomic E-state index is 0.260. The summed E-state index contributed by atoms with van der Waals surface area (Å²) in [6.07, 6.45) is 0.944. The van der Waals surface area contributed by atoms with Crippen molar-refractivity contribution in [3.63, 3.8) is 0 Å². The SMILES string of the molecule is [B]c1cc2c(cc1F)CNCC2. The van der Waals surface area contributed by atoms with E-state index in [1.807, 2.05) is 0 Å². The largest absolute Gasteiger partial charge is 0.312 e. The quantitative estimate of drug-likeness (QED) is 0.538. The van der Waals surface area contributed by atoms with Crippen LogP contribution >= 0.6 is 0 Å². The normalized spacial score (nSPS) is 15.8. The van der Waals surface area contributed by atoms with E-state index in [1.165, 1.54) is 11.6 Å². The maximum atomic E-state index is 13.0. The number of hydrogen-bond donors (Lipinski definition) is 1. The van der Waals surface area contributed by atoms with Gasteiger partial charge in [-0.2, -0.15) is 0 Å². The fourth-order valence-corrected chi connectivity index (χ4v) is 1.52. The van der Waals surface area contributed by atoms with Crippen LogP contribution in [0.3, 0.4) is 0 Å². The molecule has 0 atom stereocenters. The summed E-state index contributed by atoms with van der Waals surface area (Å²) >= 11 is 0. The minimum atomic E-state index is -0.308. The summed E-state index contributed by atoms with van der Waals surface area (Å²) in [5.41, 5.74) is 2.47. The lowest BCUT2D eigenvalue weighted by atomic mass is 9.89. The van der Waals surface area contributed by atoms with Gasteiger partial charge < -0.3 is 5.32 Å². The van der Waals surface area contributed by atoms with Crippen LogP contribution < -0.4 is 10.8 Å². The molecule has 0 saturated heterocycles. The zero-order valence-corrected chi connectivity index (χ0v) is 6.73. The lowest BCUT2D eigenvalue weighted by Crippen LogP contribution is -2.26. The van der Waals surface area contributed by atoms with Gasteiger partial charge in [0.1, 0.15) is 13.7 Å². The Hall–Kier alpha value is -0.825. The average molecular weight is 161 g/mol. The molecule has 1 aromatic carbocycles. The Morgan fingerprint density at radius 2 is 2.17 bits per heavy atom. The fourth-order valence-electron chi connectivity index (χ4n) is 1.52. The molecule has 2 rings (SSSR count). The van der Waals surface area contributed by atoms with Crippen LogP contribution in [-0.2, 0) is 13.0 Å². The van der Waals surface area contributed by atoms with E-state index < -0.39 is 0 Å². The van der Waals surface area contributed by atoms with Crippen LogP contribution in [0.15, 0.2) is 12.1 Å². The van der Waals surface area contributed by atoms with Gasteiger partial charge in [-0.15, -0.1) is 0 Å². The first-order valence-corrected chi connectivity index (χ1v) is 4.05. The Bertz CT molecular complexity index is 281. The van der Waals surface area contributed by atoms with Crippen LogP contribution in [0.1, 0.15) is 11.1 Å². The number of benzene rings is 1. The monoisotopic (exact) mass is 161 g/mol. The molecule has 0 spiro atoms.